The molecule has 0 saturated carbocycles. The number of nitrogens with one attached hydrogen (secondary N) is 1. The Bertz CT molecular complexity index is 1260. The summed E-state index contributed by atoms with van der Waals surface area (Å²) in [5.74, 6) is -0.0514. The number of benzene rings is 2. The smallest absolute Gasteiger partial charge is 0.415 e. The monoisotopic (exact) mass is 500 g/mol. The van der Waals surface area contributed by atoms with Crippen molar-refractivity contribution in [3.63, 3.8) is 0 Å². The maximum atomic E-state index is 13.3. The number of piperidine rings is 1. The summed E-state index contributed by atoms with van der Waals surface area (Å²) in [6.07, 6.45) is 2.39. The van der Waals surface area contributed by atoms with Crippen LogP contribution in [0.25, 0.3) is 10.9 Å². The first-order chi connectivity index (χ1) is 16.3. The molecule has 0 aliphatic carbocycles. The molecule has 3 aromatic rings. The van der Waals surface area contributed by atoms with Crippen molar-refractivity contribution in [2.45, 2.75) is 18.4 Å². The molecule has 178 valence electrons. The Kier molecular flexibility index (Phi) is 5.96. The number of carbonyl (C=O) groups is 2. The van der Waals surface area contributed by atoms with E-state index in [1.54, 1.807) is 23.2 Å². The molecule has 2 amide bonds. The summed E-state index contributed by atoms with van der Waals surface area (Å²) in [7, 11) is 3.93. The third-order valence-corrected chi connectivity index (χ3v) is 7.22. The molecule has 5 rings (SSSR count). The van der Waals surface area contributed by atoms with Crippen molar-refractivity contribution in [3.05, 3.63) is 63.8 Å². The van der Waals surface area contributed by atoms with Gasteiger partial charge in [0.2, 0.25) is 0 Å². The number of aromatic amines is 1. The van der Waals surface area contributed by atoms with E-state index in [1.165, 1.54) is 0 Å². The van der Waals surface area contributed by atoms with Crippen LogP contribution in [0.4, 0.5) is 10.5 Å². The molecule has 0 atom stereocenters. The summed E-state index contributed by atoms with van der Waals surface area (Å²) in [5.41, 5.74) is 2.38. The molecule has 2 aromatic carbocycles. The van der Waals surface area contributed by atoms with Crippen LogP contribution in [0, 0.1) is 0 Å². The van der Waals surface area contributed by atoms with Gasteiger partial charge in [-0.15, -0.1) is 0 Å². The average Bonchev–Trinajstić information content (AvgIpc) is 3.22. The van der Waals surface area contributed by atoms with Crippen LogP contribution in [-0.4, -0.2) is 67.1 Å². The zero-order valence-electron chi connectivity index (χ0n) is 19.1. The molecule has 7 nitrogen and oxygen atoms in total. The fourth-order valence-electron chi connectivity index (χ4n) is 4.88. The fourth-order valence-corrected chi connectivity index (χ4v) is 5.23. The molecule has 2 aliphatic heterocycles. The van der Waals surface area contributed by atoms with Gasteiger partial charge in [0, 0.05) is 71.7 Å². The van der Waals surface area contributed by atoms with E-state index in [9.17, 15) is 9.59 Å². The first kappa shape index (κ1) is 23.0. The molecule has 9 heteroatoms. The molecular formula is C25H26Cl2N4O3. The van der Waals surface area contributed by atoms with E-state index >= 15 is 0 Å². The van der Waals surface area contributed by atoms with E-state index in [4.69, 9.17) is 27.9 Å². The second-order valence-corrected chi connectivity index (χ2v) is 10.0. The van der Waals surface area contributed by atoms with E-state index < -0.39 is 5.60 Å². The normalized spacial score (nSPS) is 17.4. The van der Waals surface area contributed by atoms with Gasteiger partial charge >= 0.3 is 6.09 Å². The van der Waals surface area contributed by atoms with Crippen molar-refractivity contribution in [2.24, 2.45) is 0 Å². The van der Waals surface area contributed by atoms with Gasteiger partial charge in [0.1, 0.15) is 5.60 Å². The van der Waals surface area contributed by atoms with E-state index in [0.717, 1.165) is 22.2 Å². The van der Waals surface area contributed by atoms with Gasteiger partial charge in [0.25, 0.3) is 5.91 Å². The highest BCUT2D eigenvalue weighted by atomic mass is 35.5. The van der Waals surface area contributed by atoms with Gasteiger partial charge in [-0.3, -0.25) is 9.69 Å². The second kappa shape index (κ2) is 8.80. The fraction of sp³-hybridized carbons (Fsp3) is 0.360. The SMILES string of the molecule is CN(C)CCN1C(=O)OC2(CCN(C(=O)c3c[nH]c4cc(Cl)ccc34)CC2)c2cc(Cl)ccc21. The Hall–Kier alpha value is -2.74. The summed E-state index contributed by atoms with van der Waals surface area (Å²) < 4.78 is 6.09. The number of anilines is 1. The zero-order valence-corrected chi connectivity index (χ0v) is 20.6. The lowest BCUT2D eigenvalue weighted by molar-refractivity contribution is -0.0374. The summed E-state index contributed by atoms with van der Waals surface area (Å²) in [6, 6.07) is 11.0. The van der Waals surface area contributed by atoms with Gasteiger partial charge in [-0.25, -0.2) is 4.79 Å². The first-order valence-corrected chi connectivity index (χ1v) is 12.0. The highest BCUT2D eigenvalue weighted by Gasteiger charge is 2.47. The average molecular weight is 501 g/mol. The Balaban J connectivity index is 1.39. The number of likely N-dealkylation sites (tertiary alicyclic amines) is 1. The molecule has 1 aromatic heterocycles. The molecule has 34 heavy (non-hydrogen) atoms. The van der Waals surface area contributed by atoms with E-state index in [1.807, 2.05) is 48.2 Å². The summed E-state index contributed by atoms with van der Waals surface area (Å²) in [6.45, 7) is 2.17. The Morgan fingerprint density at radius 3 is 2.56 bits per heavy atom. The van der Waals surface area contributed by atoms with Crippen molar-refractivity contribution in [1.82, 2.24) is 14.8 Å². The third-order valence-electron chi connectivity index (χ3n) is 6.75. The van der Waals surface area contributed by atoms with Gasteiger partial charge in [-0.2, -0.15) is 0 Å². The van der Waals surface area contributed by atoms with Gasteiger partial charge in [0.15, 0.2) is 0 Å². The van der Waals surface area contributed by atoms with Crippen molar-refractivity contribution < 1.29 is 14.3 Å². The van der Waals surface area contributed by atoms with Crippen LogP contribution in [0.5, 0.6) is 0 Å². The number of H-pyrrole nitrogens is 1. The Morgan fingerprint density at radius 1 is 1.12 bits per heavy atom. The van der Waals surface area contributed by atoms with Crippen LogP contribution in [-0.2, 0) is 10.3 Å². The molecule has 0 bridgehead atoms. The van der Waals surface area contributed by atoms with Gasteiger partial charge in [-0.05, 0) is 44.4 Å². The minimum Gasteiger partial charge on any atom is -0.437 e. The number of hydrogen-bond acceptors (Lipinski definition) is 4. The standard InChI is InChI=1S/C25H26Cl2N4O3/c1-29(2)11-12-31-22-6-4-16(26)13-20(22)25(34-24(31)33)7-9-30(10-8-25)23(32)19-15-28-21-14-17(27)3-5-18(19)21/h3-6,13-15,28H,7-12H2,1-2H3. The predicted molar refractivity (Wildman–Crippen MR) is 134 cm³/mol. The number of halogens is 2. The molecule has 3 heterocycles. The third kappa shape index (κ3) is 4.02. The number of fused-ring (bicyclic) bond motifs is 3. The number of ether oxygens (including phenoxy) is 1. The number of rotatable bonds is 4. The van der Waals surface area contributed by atoms with Crippen molar-refractivity contribution in [2.75, 3.05) is 45.2 Å². The second-order valence-electron chi connectivity index (χ2n) is 9.16. The molecule has 1 N–H and O–H groups in total. The van der Waals surface area contributed by atoms with Gasteiger partial charge in [-0.1, -0.05) is 29.3 Å². The van der Waals surface area contributed by atoms with Crippen LogP contribution < -0.4 is 4.90 Å². The molecule has 2 aliphatic rings. The number of nitrogens with zero attached hydrogens (tertiary/aromatic N) is 3. The van der Waals surface area contributed by atoms with E-state index in [0.29, 0.717) is 54.6 Å². The van der Waals surface area contributed by atoms with Gasteiger partial charge in [0.05, 0.1) is 11.3 Å². The summed E-state index contributed by atoms with van der Waals surface area (Å²) in [4.78, 5) is 35.0. The lowest BCUT2D eigenvalue weighted by Gasteiger charge is -2.47. The maximum absolute atomic E-state index is 13.3. The highest BCUT2D eigenvalue weighted by Crippen LogP contribution is 2.46. The van der Waals surface area contributed by atoms with Crippen LogP contribution in [0.15, 0.2) is 42.6 Å². The maximum Gasteiger partial charge on any atom is 0.415 e. The lowest BCUT2D eigenvalue weighted by Crippen LogP contribution is -2.53. The first-order valence-electron chi connectivity index (χ1n) is 11.3. The largest absolute Gasteiger partial charge is 0.437 e. The number of aromatic nitrogens is 1. The lowest BCUT2D eigenvalue weighted by atomic mass is 9.81. The molecular weight excluding hydrogens is 475 g/mol. The topological polar surface area (TPSA) is 68.9 Å². The van der Waals surface area contributed by atoms with Crippen LogP contribution in [0.3, 0.4) is 0 Å². The zero-order chi connectivity index (χ0) is 24.0. The van der Waals surface area contributed by atoms with Crippen molar-refractivity contribution >= 4 is 51.8 Å². The minimum atomic E-state index is -0.795. The molecule has 0 unspecified atom stereocenters. The summed E-state index contributed by atoms with van der Waals surface area (Å²) in [5, 5.41) is 2.05. The van der Waals surface area contributed by atoms with E-state index in [-0.39, 0.29) is 12.0 Å². The predicted octanol–water partition coefficient (Wildman–Crippen LogP) is 5.12. The molecule has 1 spiro atoms. The highest BCUT2D eigenvalue weighted by molar-refractivity contribution is 6.31. The Labute approximate surface area is 208 Å². The van der Waals surface area contributed by atoms with Crippen LogP contribution in [0.2, 0.25) is 10.0 Å². The van der Waals surface area contributed by atoms with Crippen molar-refractivity contribution in [3.8, 4) is 0 Å². The molecule has 1 fully saturated rings. The Morgan fingerprint density at radius 2 is 1.82 bits per heavy atom. The van der Waals surface area contributed by atoms with E-state index in [2.05, 4.69) is 4.98 Å². The number of likely N-dealkylation sites (N-methyl/N-ethyl adjacent to an activating group) is 1. The molecule has 1 saturated heterocycles. The van der Waals surface area contributed by atoms with Crippen LogP contribution in [0.1, 0.15) is 28.8 Å². The van der Waals surface area contributed by atoms with Crippen LogP contribution >= 0.6 is 23.2 Å². The molecule has 0 radical (unpaired) electrons. The summed E-state index contributed by atoms with van der Waals surface area (Å²) >= 11 is 12.4. The van der Waals surface area contributed by atoms with Gasteiger partial charge < -0.3 is 19.5 Å². The number of amides is 2. The number of carbonyl (C=O) groups excluding carboxylic acids is 2. The quantitative estimate of drug-likeness (QED) is 0.539. The minimum absolute atomic E-state index is 0.0514. The van der Waals surface area contributed by atoms with Crippen molar-refractivity contribution in [1.29, 1.82) is 0 Å². The number of hydrogen-bond donors (Lipinski definition) is 1.